The quantitative estimate of drug-likeness (QED) is 0.761. The van der Waals surface area contributed by atoms with Gasteiger partial charge < -0.3 is 15.1 Å². The highest BCUT2D eigenvalue weighted by molar-refractivity contribution is 5.77. The van der Waals surface area contributed by atoms with Crippen LogP contribution in [0.2, 0.25) is 0 Å². The second kappa shape index (κ2) is 6.21. The zero-order valence-electron chi connectivity index (χ0n) is 11.0. The Kier molecular flexibility index (Phi) is 5.22. The molecule has 0 aromatic heterocycles. The van der Waals surface area contributed by atoms with Gasteiger partial charge in [0.2, 0.25) is 5.91 Å². The Morgan fingerprint density at radius 1 is 1.56 bits per heavy atom. The Hall–Kier alpha value is -0.610. The lowest BCUT2D eigenvalue weighted by Crippen LogP contribution is -2.48. The van der Waals surface area contributed by atoms with Crippen molar-refractivity contribution in [1.29, 1.82) is 0 Å². The van der Waals surface area contributed by atoms with Gasteiger partial charge >= 0.3 is 0 Å². The number of nitrogens with one attached hydrogen (secondary N) is 1. The highest BCUT2D eigenvalue weighted by Gasteiger charge is 2.22. The Morgan fingerprint density at radius 3 is 2.81 bits per heavy atom. The number of nitrogens with zero attached hydrogens (tertiary/aromatic N) is 2. The largest absolute Gasteiger partial charge is 0.345 e. The summed E-state index contributed by atoms with van der Waals surface area (Å²) in [5, 5.41) is 3.37. The van der Waals surface area contributed by atoms with Gasteiger partial charge in [-0.1, -0.05) is 0 Å². The van der Waals surface area contributed by atoms with E-state index < -0.39 is 0 Å². The van der Waals surface area contributed by atoms with Gasteiger partial charge in [0.15, 0.2) is 0 Å². The third-order valence-corrected chi connectivity index (χ3v) is 3.65. The molecule has 1 rings (SSSR count). The molecule has 2 atom stereocenters. The first-order valence-corrected chi connectivity index (χ1v) is 6.22. The van der Waals surface area contributed by atoms with Crippen molar-refractivity contribution in [2.45, 2.75) is 38.8 Å². The molecule has 0 aliphatic carbocycles. The van der Waals surface area contributed by atoms with Crippen LogP contribution in [-0.4, -0.2) is 61.5 Å². The maximum Gasteiger partial charge on any atom is 0.236 e. The SMILES string of the molecule is CCN(C)C(=O)CNC1CCN(C)C(C)C1. The molecule has 0 aromatic carbocycles. The molecule has 94 valence electrons. The second-order valence-corrected chi connectivity index (χ2v) is 4.84. The van der Waals surface area contributed by atoms with Gasteiger partial charge in [-0.2, -0.15) is 0 Å². The molecule has 4 heteroatoms. The standard InChI is InChI=1S/C12H25N3O/c1-5-14(3)12(16)9-13-11-6-7-15(4)10(2)8-11/h10-11,13H,5-9H2,1-4H3. The fourth-order valence-electron chi connectivity index (χ4n) is 2.02. The predicted molar refractivity (Wildman–Crippen MR) is 66.4 cm³/mol. The minimum atomic E-state index is 0.189. The van der Waals surface area contributed by atoms with Crippen LogP contribution in [0.25, 0.3) is 0 Å². The molecule has 1 amide bonds. The van der Waals surface area contributed by atoms with Crippen molar-refractivity contribution in [2.24, 2.45) is 0 Å². The first kappa shape index (κ1) is 13.5. The first-order valence-electron chi connectivity index (χ1n) is 6.22. The maximum atomic E-state index is 11.6. The van der Waals surface area contributed by atoms with Gasteiger partial charge in [-0.25, -0.2) is 0 Å². The van der Waals surface area contributed by atoms with Crippen LogP contribution < -0.4 is 5.32 Å². The summed E-state index contributed by atoms with van der Waals surface area (Å²) in [6.07, 6.45) is 2.28. The molecule has 0 aromatic rings. The van der Waals surface area contributed by atoms with E-state index in [1.54, 1.807) is 4.90 Å². The second-order valence-electron chi connectivity index (χ2n) is 4.84. The van der Waals surface area contributed by atoms with E-state index in [1.165, 1.54) is 0 Å². The van der Waals surface area contributed by atoms with Gasteiger partial charge in [-0.05, 0) is 40.3 Å². The summed E-state index contributed by atoms with van der Waals surface area (Å²) in [5.74, 6) is 0.189. The number of amides is 1. The third-order valence-electron chi connectivity index (χ3n) is 3.65. The van der Waals surface area contributed by atoms with Crippen molar-refractivity contribution in [3.8, 4) is 0 Å². The average molecular weight is 227 g/mol. The van der Waals surface area contributed by atoms with Crippen LogP contribution in [0.1, 0.15) is 26.7 Å². The van der Waals surface area contributed by atoms with Crippen molar-refractivity contribution >= 4 is 5.91 Å². The summed E-state index contributed by atoms with van der Waals surface area (Å²) >= 11 is 0. The van der Waals surface area contributed by atoms with E-state index >= 15 is 0 Å². The fourth-order valence-corrected chi connectivity index (χ4v) is 2.02. The summed E-state index contributed by atoms with van der Waals surface area (Å²) in [6.45, 7) is 6.62. The van der Waals surface area contributed by atoms with Crippen molar-refractivity contribution in [3.63, 3.8) is 0 Å². The number of carbonyl (C=O) groups excluding carboxylic acids is 1. The number of likely N-dealkylation sites (tertiary alicyclic amines) is 1. The lowest BCUT2D eigenvalue weighted by Gasteiger charge is -2.35. The molecule has 2 unspecified atom stereocenters. The number of carbonyl (C=O) groups is 1. The number of piperidine rings is 1. The van der Waals surface area contributed by atoms with E-state index in [0.29, 0.717) is 18.6 Å². The van der Waals surface area contributed by atoms with Gasteiger partial charge in [0.25, 0.3) is 0 Å². The molecule has 16 heavy (non-hydrogen) atoms. The number of hydrogen-bond donors (Lipinski definition) is 1. The van der Waals surface area contributed by atoms with Crippen LogP contribution in [0.5, 0.6) is 0 Å². The number of hydrogen-bond acceptors (Lipinski definition) is 3. The summed E-state index contributed by atoms with van der Waals surface area (Å²) in [4.78, 5) is 15.7. The molecule has 1 fully saturated rings. The number of rotatable bonds is 4. The molecule has 1 aliphatic heterocycles. The minimum absolute atomic E-state index is 0.189. The highest BCUT2D eigenvalue weighted by atomic mass is 16.2. The van der Waals surface area contributed by atoms with Crippen LogP contribution >= 0.6 is 0 Å². The first-order chi connectivity index (χ1) is 7.54. The fraction of sp³-hybridized carbons (Fsp3) is 0.917. The Bertz CT molecular complexity index is 232. The molecule has 1 saturated heterocycles. The molecule has 1 aliphatic rings. The van der Waals surface area contributed by atoms with Crippen molar-refractivity contribution in [2.75, 3.05) is 33.7 Å². The molecule has 4 nitrogen and oxygen atoms in total. The predicted octanol–water partition coefficient (Wildman–Crippen LogP) is 0.537. The van der Waals surface area contributed by atoms with Gasteiger partial charge in [-0.3, -0.25) is 4.79 Å². The average Bonchev–Trinajstić information content (AvgIpc) is 2.29. The summed E-state index contributed by atoms with van der Waals surface area (Å²) < 4.78 is 0. The zero-order valence-corrected chi connectivity index (χ0v) is 11.0. The van der Waals surface area contributed by atoms with Crippen LogP contribution in [-0.2, 0) is 4.79 Å². The van der Waals surface area contributed by atoms with E-state index in [0.717, 1.165) is 25.9 Å². The van der Waals surface area contributed by atoms with Gasteiger partial charge in [0.1, 0.15) is 0 Å². The van der Waals surface area contributed by atoms with E-state index in [2.05, 4.69) is 24.2 Å². The van der Waals surface area contributed by atoms with E-state index in [-0.39, 0.29) is 5.91 Å². The monoisotopic (exact) mass is 227 g/mol. The third kappa shape index (κ3) is 3.76. The van der Waals surface area contributed by atoms with Crippen LogP contribution in [0.15, 0.2) is 0 Å². The highest BCUT2D eigenvalue weighted by Crippen LogP contribution is 2.14. The van der Waals surface area contributed by atoms with E-state index in [9.17, 15) is 4.79 Å². The maximum absolute atomic E-state index is 11.6. The molecular weight excluding hydrogens is 202 g/mol. The summed E-state index contributed by atoms with van der Waals surface area (Å²) in [5.41, 5.74) is 0. The molecule has 1 heterocycles. The summed E-state index contributed by atoms with van der Waals surface area (Å²) in [7, 11) is 4.01. The molecular formula is C12H25N3O. The van der Waals surface area contributed by atoms with Gasteiger partial charge in [-0.15, -0.1) is 0 Å². The number of likely N-dealkylation sites (N-methyl/N-ethyl adjacent to an activating group) is 1. The zero-order chi connectivity index (χ0) is 12.1. The van der Waals surface area contributed by atoms with Gasteiger partial charge in [0.05, 0.1) is 6.54 Å². The van der Waals surface area contributed by atoms with Gasteiger partial charge in [0, 0.05) is 25.7 Å². The topological polar surface area (TPSA) is 35.6 Å². The Balaban J connectivity index is 2.26. The minimum Gasteiger partial charge on any atom is -0.345 e. The Labute approximate surface area is 99.0 Å². The van der Waals surface area contributed by atoms with E-state index in [1.807, 2.05) is 14.0 Å². The van der Waals surface area contributed by atoms with Crippen molar-refractivity contribution in [1.82, 2.24) is 15.1 Å². The van der Waals surface area contributed by atoms with E-state index in [4.69, 9.17) is 0 Å². The smallest absolute Gasteiger partial charge is 0.236 e. The molecule has 0 spiro atoms. The molecule has 0 radical (unpaired) electrons. The van der Waals surface area contributed by atoms with Crippen LogP contribution in [0.3, 0.4) is 0 Å². The molecule has 1 N–H and O–H groups in total. The summed E-state index contributed by atoms with van der Waals surface area (Å²) in [6, 6.07) is 1.12. The van der Waals surface area contributed by atoms with Crippen LogP contribution in [0, 0.1) is 0 Å². The van der Waals surface area contributed by atoms with Crippen molar-refractivity contribution < 1.29 is 4.79 Å². The Morgan fingerprint density at radius 2 is 2.25 bits per heavy atom. The lowest BCUT2D eigenvalue weighted by molar-refractivity contribution is -0.128. The normalized spacial score (nSPS) is 26.8. The molecule has 0 saturated carbocycles. The molecule has 0 bridgehead atoms. The lowest BCUT2D eigenvalue weighted by atomic mass is 9.99. The van der Waals surface area contributed by atoms with Crippen LogP contribution in [0.4, 0.5) is 0 Å². The van der Waals surface area contributed by atoms with Crippen molar-refractivity contribution in [3.05, 3.63) is 0 Å².